The summed E-state index contributed by atoms with van der Waals surface area (Å²) in [4.78, 5) is 47.4. The van der Waals surface area contributed by atoms with E-state index in [4.69, 9.17) is 9.47 Å². The average Bonchev–Trinajstić information content (AvgIpc) is 2.36. The van der Waals surface area contributed by atoms with Gasteiger partial charge in [0.2, 0.25) is 0 Å². The molecule has 10 heteroatoms. The highest BCUT2D eigenvalue weighted by Gasteiger charge is 2.42. The molecular formula is C14H24N4O6. The number of carbonyl (C=O) groups is 4. The van der Waals surface area contributed by atoms with Gasteiger partial charge in [-0.15, -0.1) is 0 Å². The summed E-state index contributed by atoms with van der Waals surface area (Å²) in [5.74, 6) is -0.607. The standard InChI is InChI=1S/C14H24N4O6/c1-13(2,3)23-11(21)15-8-7-18(9(8)19)10(20)16-17-12(22)24-14(4,5)6/h8H,7H2,1-6H3,(H,15,21)(H,16,20)(H,17,22). The third-order valence-corrected chi connectivity index (χ3v) is 2.54. The maximum atomic E-state index is 11.8. The fraction of sp³-hybridized carbons (Fsp3) is 0.714. The van der Waals surface area contributed by atoms with Crippen molar-refractivity contribution in [1.82, 2.24) is 21.1 Å². The molecule has 0 radical (unpaired) electrons. The minimum atomic E-state index is -0.854. The highest BCUT2D eigenvalue weighted by molar-refractivity contribution is 6.03. The number of ether oxygens (including phenoxy) is 2. The Balaban J connectivity index is 2.36. The first-order valence-corrected chi connectivity index (χ1v) is 7.38. The molecule has 1 rings (SSSR count). The van der Waals surface area contributed by atoms with Crippen molar-refractivity contribution in [1.29, 1.82) is 0 Å². The topological polar surface area (TPSA) is 126 Å². The maximum absolute atomic E-state index is 11.8. The van der Waals surface area contributed by atoms with Gasteiger partial charge in [-0.1, -0.05) is 0 Å². The Kier molecular flexibility index (Phi) is 5.64. The Bertz CT molecular complexity index is 526. The first kappa shape index (κ1) is 19.5. The van der Waals surface area contributed by atoms with E-state index in [0.29, 0.717) is 0 Å². The smallest absolute Gasteiger partial charge is 0.426 e. The van der Waals surface area contributed by atoms with E-state index in [9.17, 15) is 19.2 Å². The van der Waals surface area contributed by atoms with Crippen LogP contribution in [0.1, 0.15) is 41.5 Å². The van der Waals surface area contributed by atoms with Crippen LogP contribution in [0.15, 0.2) is 0 Å². The summed E-state index contributed by atoms with van der Waals surface area (Å²) >= 11 is 0. The van der Waals surface area contributed by atoms with Gasteiger partial charge in [0, 0.05) is 0 Å². The van der Waals surface area contributed by atoms with Crippen LogP contribution in [0.5, 0.6) is 0 Å². The summed E-state index contributed by atoms with van der Waals surface area (Å²) in [6.45, 7) is 10.0. The van der Waals surface area contributed by atoms with E-state index < -0.39 is 41.4 Å². The third kappa shape index (κ3) is 6.31. The zero-order valence-electron chi connectivity index (χ0n) is 14.7. The number of rotatable bonds is 1. The number of imide groups is 1. The van der Waals surface area contributed by atoms with Crippen molar-refractivity contribution in [2.45, 2.75) is 58.8 Å². The lowest BCUT2D eigenvalue weighted by atomic mass is 10.1. The zero-order valence-corrected chi connectivity index (χ0v) is 14.7. The van der Waals surface area contributed by atoms with Gasteiger partial charge in [0.1, 0.15) is 17.2 Å². The van der Waals surface area contributed by atoms with E-state index in [1.165, 1.54) is 0 Å². The number of β-lactam (4-membered cyclic amide) rings is 1. The Morgan fingerprint density at radius 2 is 1.46 bits per heavy atom. The molecule has 1 heterocycles. The summed E-state index contributed by atoms with van der Waals surface area (Å²) in [5.41, 5.74) is 2.67. The number of likely N-dealkylation sites (tertiary alicyclic amines) is 1. The second-order valence-corrected chi connectivity index (χ2v) is 7.20. The molecule has 0 aromatic heterocycles. The van der Waals surface area contributed by atoms with E-state index in [1.807, 2.05) is 10.9 Å². The molecule has 10 nitrogen and oxygen atoms in total. The number of hydrogen-bond acceptors (Lipinski definition) is 6. The lowest BCUT2D eigenvalue weighted by molar-refractivity contribution is -0.139. The molecule has 1 fully saturated rings. The quantitative estimate of drug-likeness (QED) is 0.479. The minimum absolute atomic E-state index is 0.0279. The van der Waals surface area contributed by atoms with Crippen molar-refractivity contribution in [2.24, 2.45) is 0 Å². The number of hydrazine groups is 1. The number of amides is 5. The van der Waals surface area contributed by atoms with Crippen molar-refractivity contribution < 1.29 is 28.7 Å². The molecule has 1 atom stereocenters. The molecule has 136 valence electrons. The maximum Gasteiger partial charge on any atom is 0.426 e. The van der Waals surface area contributed by atoms with Gasteiger partial charge >= 0.3 is 18.2 Å². The minimum Gasteiger partial charge on any atom is -0.444 e. The Labute approximate surface area is 140 Å². The van der Waals surface area contributed by atoms with Crippen LogP contribution < -0.4 is 16.2 Å². The van der Waals surface area contributed by atoms with Crippen molar-refractivity contribution in [3.05, 3.63) is 0 Å². The predicted octanol–water partition coefficient (Wildman–Crippen LogP) is 0.871. The van der Waals surface area contributed by atoms with Crippen molar-refractivity contribution in [3.63, 3.8) is 0 Å². The number of nitrogens with one attached hydrogen (secondary N) is 3. The van der Waals surface area contributed by atoms with E-state index in [2.05, 4.69) is 5.32 Å². The van der Waals surface area contributed by atoms with Crippen molar-refractivity contribution in [3.8, 4) is 0 Å². The van der Waals surface area contributed by atoms with Crippen molar-refractivity contribution in [2.75, 3.05) is 6.54 Å². The van der Waals surface area contributed by atoms with Gasteiger partial charge in [-0.3, -0.25) is 9.69 Å². The SMILES string of the molecule is CC(C)(C)OC(=O)NNC(=O)N1CC(NC(=O)OC(C)(C)C)C1=O. The third-order valence-electron chi connectivity index (χ3n) is 2.54. The van der Waals surface area contributed by atoms with Gasteiger partial charge in [-0.05, 0) is 41.5 Å². The molecule has 24 heavy (non-hydrogen) atoms. The van der Waals surface area contributed by atoms with E-state index in [1.54, 1.807) is 41.5 Å². The van der Waals surface area contributed by atoms with Crippen LogP contribution in [-0.2, 0) is 14.3 Å². The number of nitrogens with zero attached hydrogens (tertiary/aromatic N) is 1. The Hall–Kier alpha value is -2.52. The van der Waals surface area contributed by atoms with Crippen LogP contribution >= 0.6 is 0 Å². The summed E-state index contributed by atoms with van der Waals surface area (Å²) in [6.07, 6.45) is -1.60. The highest BCUT2D eigenvalue weighted by Crippen LogP contribution is 2.12. The second-order valence-electron chi connectivity index (χ2n) is 7.20. The van der Waals surface area contributed by atoms with Gasteiger partial charge in [0.05, 0.1) is 6.54 Å². The van der Waals surface area contributed by atoms with Gasteiger partial charge in [0.15, 0.2) is 0 Å². The van der Waals surface area contributed by atoms with Crippen LogP contribution in [0.3, 0.4) is 0 Å². The molecule has 0 aromatic rings. The van der Waals surface area contributed by atoms with Gasteiger partial charge < -0.3 is 14.8 Å². The lowest BCUT2D eigenvalue weighted by Crippen LogP contribution is -2.68. The summed E-state index contributed by atoms with van der Waals surface area (Å²) in [6, 6.07) is -1.67. The van der Waals surface area contributed by atoms with Crippen LogP contribution in [0.2, 0.25) is 0 Å². The van der Waals surface area contributed by atoms with Gasteiger partial charge in [0.25, 0.3) is 5.91 Å². The molecule has 0 bridgehead atoms. The lowest BCUT2D eigenvalue weighted by Gasteiger charge is -2.36. The molecule has 5 amide bonds. The van der Waals surface area contributed by atoms with E-state index >= 15 is 0 Å². The summed E-state index contributed by atoms with van der Waals surface area (Å²) in [5, 5.41) is 2.36. The average molecular weight is 344 g/mol. The molecular weight excluding hydrogens is 320 g/mol. The summed E-state index contributed by atoms with van der Waals surface area (Å²) < 4.78 is 9.94. The number of carbonyl (C=O) groups excluding carboxylic acids is 4. The van der Waals surface area contributed by atoms with E-state index in [-0.39, 0.29) is 6.54 Å². The molecule has 0 spiro atoms. The number of urea groups is 1. The normalized spacial score (nSPS) is 17.5. The predicted molar refractivity (Wildman–Crippen MR) is 82.8 cm³/mol. The molecule has 0 saturated carbocycles. The fourth-order valence-electron chi connectivity index (χ4n) is 1.64. The fourth-order valence-corrected chi connectivity index (χ4v) is 1.64. The van der Waals surface area contributed by atoms with Crippen LogP contribution in [0.25, 0.3) is 0 Å². The zero-order chi connectivity index (χ0) is 18.7. The monoisotopic (exact) mass is 344 g/mol. The second kappa shape index (κ2) is 6.93. The Morgan fingerprint density at radius 3 is 1.92 bits per heavy atom. The molecule has 0 aromatic carbocycles. The molecule has 1 aliphatic heterocycles. The van der Waals surface area contributed by atoms with Crippen LogP contribution in [0.4, 0.5) is 14.4 Å². The summed E-state index contributed by atoms with van der Waals surface area (Å²) in [7, 11) is 0. The van der Waals surface area contributed by atoms with Gasteiger partial charge in [-0.2, -0.15) is 0 Å². The van der Waals surface area contributed by atoms with Crippen LogP contribution in [0, 0.1) is 0 Å². The first-order valence-electron chi connectivity index (χ1n) is 7.38. The van der Waals surface area contributed by atoms with E-state index in [0.717, 1.165) is 4.90 Å². The van der Waals surface area contributed by atoms with Crippen LogP contribution in [-0.4, -0.2) is 52.8 Å². The molecule has 0 aliphatic carbocycles. The molecule has 1 unspecified atom stereocenters. The molecule has 1 aliphatic rings. The molecule has 3 N–H and O–H groups in total. The first-order chi connectivity index (χ1) is 10.8. The number of alkyl carbamates (subject to hydrolysis) is 1. The van der Waals surface area contributed by atoms with Gasteiger partial charge in [-0.25, -0.2) is 25.2 Å². The van der Waals surface area contributed by atoms with Crippen molar-refractivity contribution >= 4 is 24.1 Å². The largest absolute Gasteiger partial charge is 0.444 e. The molecule has 1 saturated heterocycles. The Morgan fingerprint density at radius 1 is 0.958 bits per heavy atom. The number of hydrogen-bond donors (Lipinski definition) is 3. The highest BCUT2D eigenvalue weighted by atomic mass is 16.6.